The fourth-order valence-corrected chi connectivity index (χ4v) is 4.12. The molecule has 154 valence electrons. The first kappa shape index (κ1) is 18.8. The Morgan fingerprint density at radius 2 is 2.10 bits per heavy atom. The van der Waals surface area contributed by atoms with Crippen molar-refractivity contribution in [3.63, 3.8) is 0 Å². The molecule has 30 heavy (non-hydrogen) atoms. The predicted octanol–water partition coefficient (Wildman–Crippen LogP) is 3.09. The van der Waals surface area contributed by atoms with Gasteiger partial charge in [-0.3, -0.25) is 14.5 Å². The number of aromatic nitrogens is 3. The highest BCUT2D eigenvalue weighted by Crippen LogP contribution is 2.43. The third-order valence-corrected chi connectivity index (χ3v) is 5.94. The van der Waals surface area contributed by atoms with Crippen LogP contribution in [0.1, 0.15) is 52.3 Å². The van der Waals surface area contributed by atoms with Gasteiger partial charge in [0.05, 0.1) is 12.2 Å². The summed E-state index contributed by atoms with van der Waals surface area (Å²) in [5.74, 6) is 0.828. The first-order chi connectivity index (χ1) is 14.5. The summed E-state index contributed by atoms with van der Waals surface area (Å²) in [6.07, 6.45) is 4.28. The van der Waals surface area contributed by atoms with Gasteiger partial charge in [0.1, 0.15) is 0 Å². The number of rotatable bonds is 6. The van der Waals surface area contributed by atoms with Crippen LogP contribution in [0.5, 0.6) is 5.88 Å². The zero-order valence-electron chi connectivity index (χ0n) is 17.5. The number of carbonyl (C=O) groups excluding carboxylic acids is 1. The highest BCUT2D eigenvalue weighted by molar-refractivity contribution is 5.87. The summed E-state index contributed by atoms with van der Waals surface area (Å²) in [7, 11) is 1.90. The van der Waals surface area contributed by atoms with Crippen LogP contribution in [-0.4, -0.2) is 33.5 Å². The van der Waals surface area contributed by atoms with Gasteiger partial charge in [-0.25, -0.2) is 0 Å². The summed E-state index contributed by atoms with van der Waals surface area (Å²) >= 11 is 0. The lowest BCUT2D eigenvalue weighted by atomic mass is 9.98. The third-order valence-electron chi connectivity index (χ3n) is 5.94. The van der Waals surface area contributed by atoms with Gasteiger partial charge < -0.3 is 10.1 Å². The number of aryl methyl sites for hydroxylation is 3. The fourth-order valence-electron chi connectivity index (χ4n) is 4.12. The molecule has 1 fully saturated rings. The second-order valence-corrected chi connectivity index (χ2v) is 8.23. The van der Waals surface area contributed by atoms with Gasteiger partial charge >= 0.3 is 0 Å². The molecule has 7 nitrogen and oxygen atoms in total. The Balaban J connectivity index is 1.26. The van der Waals surface area contributed by atoms with E-state index in [2.05, 4.69) is 39.4 Å². The Morgan fingerprint density at radius 3 is 2.90 bits per heavy atom. The molecule has 0 saturated heterocycles. The van der Waals surface area contributed by atoms with Crippen LogP contribution in [-0.2, 0) is 24.9 Å². The molecule has 1 aliphatic heterocycles. The van der Waals surface area contributed by atoms with E-state index >= 15 is 0 Å². The molecule has 1 N–H and O–H groups in total. The van der Waals surface area contributed by atoms with Gasteiger partial charge in [0.25, 0.3) is 5.91 Å². The molecule has 1 aliphatic carbocycles. The second kappa shape index (κ2) is 7.23. The molecule has 0 unspecified atom stereocenters. The Bertz CT molecular complexity index is 1190. The monoisotopic (exact) mass is 403 g/mol. The molecule has 1 saturated carbocycles. The van der Waals surface area contributed by atoms with Crippen molar-refractivity contribution in [3.8, 4) is 5.88 Å². The van der Waals surface area contributed by atoms with E-state index in [4.69, 9.17) is 4.74 Å². The van der Waals surface area contributed by atoms with E-state index in [1.165, 1.54) is 18.4 Å². The van der Waals surface area contributed by atoms with Crippen molar-refractivity contribution in [1.82, 2.24) is 20.1 Å². The van der Waals surface area contributed by atoms with E-state index in [0.717, 1.165) is 39.0 Å². The molecular formula is C23H25N5O2. The summed E-state index contributed by atoms with van der Waals surface area (Å²) in [5, 5.41) is 8.73. The highest BCUT2D eigenvalue weighted by Gasteiger charge is 2.30. The van der Waals surface area contributed by atoms with Gasteiger partial charge in [-0.15, -0.1) is 0 Å². The lowest BCUT2D eigenvalue weighted by molar-refractivity contribution is -0.123. The molecular weight excluding hydrogens is 378 g/mol. The van der Waals surface area contributed by atoms with Gasteiger partial charge in [-0.2, -0.15) is 10.1 Å². The summed E-state index contributed by atoms with van der Waals surface area (Å²) in [5.41, 5.74) is 7.62. The lowest BCUT2D eigenvalue weighted by Crippen LogP contribution is -2.29. The standard InChI is InChI=1S/C23H25N5O2/c1-13-4-5-16-9-24-10-18(16)17(13)11-25-19(29)12-30-20-8-14(2)21-22(15-6-7-15)27-28(3)23(21)26-20/h4-5,8,10,15H,6-7,9,11-12H2,1-3H3,(H,25,29). The minimum absolute atomic E-state index is 0.0760. The average molecular weight is 403 g/mol. The zero-order valence-corrected chi connectivity index (χ0v) is 17.5. The van der Waals surface area contributed by atoms with E-state index < -0.39 is 0 Å². The first-order valence-electron chi connectivity index (χ1n) is 10.4. The van der Waals surface area contributed by atoms with Gasteiger partial charge in [0.15, 0.2) is 12.3 Å². The number of hydrogen-bond acceptors (Lipinski definition) is 5. The maximum Gasteiger partial charge on any atom is 0.258 e. The van der Waals surface area contributed by atoms with Gasteiger partial charge in [0, 0.05) is 42.7 Å². The average Bonchev–Trinajstić information content (AvgIpc) is 3.36. The van der Waals surface area contributed by atoms with Crippen LogP contribution in [0.4, 0.5) is 0 Å². The Kier molecular flexibility index (Phi) is 4.53. The van der Waals surface area contributed by atoms with Gasteiger partial charge in [-0.1, -0.05) is 12.1 Å². The van der Waals surface area contributed by atoms with Crippen LogP contribution in [0.2, 0.25) is 0 Å². The maximum absolute atomic E-state index is 12.4. The van der Waals surface area contributed by atoms with E-state index in [1.807, 2.05) is 30.9 Å². The molecule has 3 heterocycles. The van der Waals surface area contributed by atoms with Crippen LogP contribution in [0.15, 0.2) is 23.2 Å². The number of aliphatic imine (C=N–C) groups is 1. The molecule has 3 aromatic rings. The van der Waals surface area contributed by atoms with Crippen LogP contribution >= 0.6 is 0 Å². The third kappa shape index (κ3) is 3.34. The molecule has 0 radical (unpaired) electrons. The highest BCUT2D eigenvalue weighted by atomic mass is 16.5. The number of benzene rings is 1. The first-order valence-corrected chi connectivity index (χ1v) is 10.4. The minimum atomic E-state index is -0.176. The number of fused-ring (bicyclic) bond motifs is 2. The molecule has 0 bridgehead atoms. The molecule has 1 aromatic carbocycles. The second-order valence-electron chi connectivity index (χ2n) is 8.23. The topological polar surface area (TPSA) is 81.4 Å². The summed E-state index contributed by atoms with van der Waals surface area (Å²) < 4.78 is 7.53. The van der Waals surface area contributed by atoms with E-state index in [9.17, 15) is 4.79 Å². The van der Waals surface area contributed by atoms with Crippen LogP contribution < -0.4 is 10.1 Å². The van der Waals surface area contributed by atoms with Crippen LogP contribution in [0.25, 0.3) is 11.0 Å². The summed E-state index contributed by atoms with van der Waals surface area (Å²) in [6.45, 7) is 5.19. The number of hydrogen-bond donors (Lipinski definition) is 1. The maximum atomic E-state index is 12.4. The number of nitrogens with zero attached hydrogens (tertiary/aromatic N) is 4. The SMILES string of the molecule is Cc1ccc2c(c1CNC(=O)COc1cc(C)c3c(C4CC4)nn(C)c3n1)C=NC2. The number of amides is 1. The molecule has 1 amide bonds. The quantitative estimate of drug-likeness (QED) is 0.686. The number of carbonyl (C=O) groups is 1. The molecule has 2 aromatic heterocycles. The Hall–Kier alpha value is -3.22. The van der Waals surface area contributed by atoms with Crippen molar-refractivity contribution in [2.24, 2.45) is 12.0 Å². The van der Waals surface area contributed by atoms with Gasteiger partial charge in [-0.05, 0) is 48.9 Å². The molecule has 5 rings (SSSR count). The normalized spacial score (nSPS) is 14.9. The van der Waals surface area contributed by atoms with Crippen molar-refractivity contribution >= 4 is 23.2 Å². The summed E-state index contributed by atoms with van der Waals surface area (Å²) in [4.78, 5) is 21.3. The Morgan fingerprint density at radius 1 is 1.27 bits per heavy atom. The number of pyridine rings is 1. The summed E-state index contributed by atoms with van der Waals surface area (Å²) in [6, 6.07) is 6.08. The van der Waals surface area contributed by atoms with Crippen molar-refractivity contribution in [2.75, 3.05) is 6.61 Å². The minimum Gasteiger partial charge on any atom is -0.468 e. The Labute approximate surface area is 175 Å². The van der Waals surface area contributed by atoms with Crippen molar-refractivity contribution < 1.29 is 9.53 Å². The molecule has 2 aliphatic rings. The molecule has 7 heteroatoms. The van der Waals surface area contributed by atoms with Gasteiger partial charge in [0.2, 0.25) is 5.88 Å². The van der Waals surface area contributed by atoms with E-state index in [-0.39, 0.29) is 12.5 Å². The van der Waals surface area contributed by atoms with E-state index in [0.29, 0.717) is 24.9 Å². The smallest absolute Gasteiger partial charge is 0.258 e. The number of ether oxygens (including phenoxy) is 1. The predicted molar refractivity (Wildman–Crippen MR) is 115 cm³/mol. The zero-order chi connectivity index (χ0) is 20.8. The van der Waals surface area contributed by atoms with Crippen LogP contribution in [0, 0.1) is 13.8 Å². The number of nitrogens with one attached hydrogen (secondary N) is 1. The molecule has 0 spiro atoms. The van der Waals surface area contributed by atoms with Crippen molar-refractivity contribution in [1.29, 1.82) is 0 Å². The molecule has 0 atom stereocenters. The largest absolute Gasteiger partial charge is 0.468 e. The van der Waals surface area contributed by atoms with Crippen molar-refractivity contribution in [3.05, 3.63) is 51.7 Å². The van der Waals surface area contributed by atoms with Crippen molar-refractivity contribution in [2.45, 2.75) is 45.7 Å². The lowest BCUT2D eigenvalue weighted by Gasteiger charge is -2.12. The van der Waals surface area contributed by atoms with E-state index in [1.54, 1.807) is 0 Å². The fraction of sp³-hybridized carbons (Fsp3) is 0.391. The van der Waals surface area contributed by atoms with Crippen LogP contribution in [0.3, 0.4) is 0 Å².